The molecule has 4 rings (SSSR count). The van der Waals surface area contributed by atoms with Gasteiger partial charge in [0, 0.05) is 19.5 Å². The molecule has 2 heterocycles. The molecule has 0 unspecified atom stereocenters. The molecule has 7 heteroatoms. The number of likely N-dealkylation sites (tertiary alicyclic amines) is 1. The molecule has 1 aliphatic heterocycles. The van der Waals surface area contributed by atoms with Crippen molar-refractivity contribution >= 4 is 17.5 Å². The van der Waals surface area contributed by atoms with Crippen molar-refractivity contribution in [2.45, 2.75) is 25.2 Å². The molecule has 3 aromatic rings. The molecule has 0 N–H and O–H groups in total. The molecule has 1 aliphatic rings. The van der Waals surface area contributed by atoms with Gasteiger partial charge in [-0.05, 0) is 42.7 Å². The number of carbonyl (C=O) groups excluding carboxylic acids is 1. The normalized spacial score (nSPS) is 16.2. The molecular formula is C24H25ClN2O4. The van der Waals surface area contributed by atoms with Gasteiger partial charge in [0.2, 0.25) is 0 Å². The van der Waals surface area contributed by atoms with Gasteiger partial charge in [-0.2, -0.15) is 0 Å². The van der Waals surface area contributed by atoms with Crippen LogP contribution in [-0.4, -0.2) is 42.6 Å². The van der Waals surface area contributed by atoms with Gasteiger partial charge in [0.05, 0.1) is 24.2 Å². The molecule has 0 spiro atoms. The number of carbonyl (C=O) groups is 1. The highest BCUT2D eigenvalue weighted by Gasteiger charge is 2.28. The van der Waals surface area contributed by atoms with Crippen LogP contribution >= 0.6 is 11.6 Å². The van der Waals surface area contributed by atoms with Gasteiger partial charge in [-0.25, -0.2) is 4.98 Å². The number of hydrogen-bond donors (Lipinski definition) is 0. The Hall–Kier alpha value is -2.99. The molecule has 0 aliphatic carbocycles. The third kappa shape index (κ3) is 5.39. The average molecular weight is 441 g/mol. The van der Waals surface area contributed by atoms with Crippen molar-refractivity contribution in [3.63, 3.8) is 0 Å². The third-order valence-corrected chi connectivity index (χ3v) is 5.71. The summed E-state index contributed by atoms with van der Waals surface area (Å²) in [7, 11) is 1.65. The number of oxazole rings is 1. The standard InChI is InChI=1S/C24H25ClN2O4/c1-29-19-8-4-6-17(12-19)13-20-14-26-24(31-20)18-7-5-11-27(15-18)23(28)16-30-22-10-3-2-9-21(22)25/h2-4,6,8-10,12,14,18H,5,7,11,13,15-16H2,1H3/t18-/m1/s1. The third-order valence-electron chi connectivity index (χ3n) is 5.40. The number of hydrogen-bond acceptors (Lipinski definition) is 5. The zero-order valence-electron chi connectivity index (χ0n) is 17.4. The van der Waals surface area contributed by atoms with E-state index in [-0.39, 0.29) is 18.4 Å². The fraction of sp³-hybridized carbons (Fsp3) is 0.333. The summed E-state index contributed by atoms with van der Waals surface area (Å²) < 4.78 is 16.9. The molecule has 6 nitrogen and oxygen atoms in total. The van der Waals surface area contributed by atoms with Gasteiger partial charge in [0.25, 0.3) is 5.91 Å². The van der Waals surface area contributed by atoms with Crippen LogP contribution in [0, 0.1) is 0 Å². The summed E-state index contributed by atoms with van der Waals surface area (Å²) in [6, 6.07) is 15.0. The van der Waals surface area contributed by atoms with Crippen LogP contribution in [0.5, 0.6) is 11.5 Å². The van der Waals surface area contributed by atoms with Crippen LogP contribution in [0.2, 0.25) is 5.02 Å². The number of halogens is 1. The maximum absolute atomic E-state index is 12.7. The minimum atomic E-state index is -0.0622. The first-order valence-electron chi connectivity index (χ1n) is 10.3. The van der Waals surface area contributed by atoms with Crippen molar-refractivity contribution < 1.29 is 18.7 Å². The molecule has 31 heavy (non-hydrogen) atoms. The second-order valence-corrected chi connectivity index (χ2v) is 8.00. The van der Waals surface area contributed by atoms with E-state index in [0.29, 0.717) is 36.2 Å². The largest absolute Gasteiger partial charge is 0.497 e. The molecule has 0 bridgehead atoms. The van der Waals surface area contributed by atoms with Gasteiger partial charge < -0.3 is 18.8 Å². The Labute approximate surface area is 186 Å². The number of amides is 1. The first-order valence-corrected chi connectivity index (χ1v) is 10.7. The van der Waals surface area contributed by atoms with E-state index in [4.69, 9.17) is 25.5 Å². The molecule has 162 valence electrons. The summed E-state index contributed by atoms with van der Waals surface area (Å²) >= 11 is 6.10. The van der Waals surface area contributed by atoms with Crippen LogP contribution in [0.25, 0.3) is 0 Å². The van der Waals surface area contributed by atoms with E-state index in [9.17, 15) is 4.79 Å². The summed E-state index contributed by atoms with van der Waals surface area (Å²) in [4.78, 5) is 19.0. The molecule has 1 fully saturated rings. The van der Waals surface area contributed by atoms with E-state index >= 15 is 0 Å². The van der Waals surface area contributed by atoms with Crippen LogP contribution in [0.1, 0.15) is 36.0 Å². The van der Waals surface area contributed by atoms with Gasteiger partial charge in [0.15, 0.2) is 12.5 Å². The lowest BCUT2D eigenvalue weighted by Crippen LogP contribution is -2.41. The van der Waals surface area contributed by atoms with Crippen molar-refractivity contribution in [2.75, 3.05) is 26.8 Å². The van der Waals surface area contributed by atoms with Crippen molar-refractivity contribution in [2.24, 2.45) is 0 Å². The number of piperidine rings is 1. The zero-order valence-corrected chi connectivity index (χ0v) is 18.2. The molecule has 1 saturated heterocycles. The molecule has 0 saturated carbocycles. The summed E-state index contributed by atoms with van der Waals surface area (Å²) in [6.45, 7) is 1.24. The Bertz CT molecular complexity index is 1040. The van der Waals surface area contributed by atoms with Gasteiger partial charge in [-0.15, -0.1) is 0 Å². The average Bonchev–Trinajstić information content (AvgIpc) is 3.27. The lowest BCUT2D eigenvalue weighted by Gasteiger charge is -2.31. The molecule has 0 radical (unpaired) electrons. The summed E-state index contributed by atoms with van der Waals surface area (Å²) in [5, 5.41) is 0.496. The van der Waals surface area contributed by atoms with Crippen LogP contribution in [0.4, 0.5) is 0 Å². The monoisotopic (exact) mass is 440 g/mol. The number of nitrogens with zero attached hydrogens (tertiary/aromatic N) is 2. The highest BCUT2D eigenvalue weighted by molar-refractivity contribution is 6.32. The van der Waals surface area contributed by atoms with Crippen molar-refractivity contribution in [1.82, 2.24) is 9.88 Å². The van der Waals surface area contributed by atoms with Crippen LogP contribution < -0.4 is 9.47 Å². The number of para-hydroxylation sites is 1. The maximum atomic E-state index is 12.7. The summed E-state index contributed by atoms with van der Waals surface area (Å²) in [6.07, 6.45) is 4.26. The molecule has 1 atom stereocenters. The van der Waals surface area contributed by atoms with E-state index in [0.717, 1.165) is 29.9 Å². The van der Waals surface area contributed by atoms with E-state index in [1.807, 2.05) is 41.3 Å². The molecule has 2 aromatic carbocycles. The Morgan fingerprint density at radius 3 is 2.97 bits per heavy atom. The maximum Gasteiger partial charge on any atom is 0.260 e. The van der Waals surface area contributed by atoms with Crippen molar-refractivity contribution in [3.8, 4) is 11.5 Å². The molecule has 1 aromatic heterocycles. The van der Waals surface area contributed by atoms with E-state index < -0.39 is 0 Å². The van der Waals surface area contributed by atoms with Crippen molar-refractivity contribution in [1.29, 1.82) is 0 Å². The summed E-state index contributed by atoms with van der Waals surface area (Å²) in [5.74, 6) is 2.83. The first-order chi connectivity index (χ1) is 15.1. The molecule has 1 amide bonds. The Kier molecular flexibility index (Phi) is 6.77. The number of rotatable bonds is 7. The van der Waals surface area contributed by atoms with Gasteiger partial charge in [-0.3, -0.25) is 4.79 Å². The zero-order chi connectivity index (χ0) is 21.6. The van der Waals surface area contributed by atoms with Crippen LogP contribution in [-0.2, 0) is 11.2 Å². The molecular weight excluding hydrogens is 416 g/mol. The predicted octanol–water partition coefficient (Wildman–Crippen LogP) is 4.71. The fourth-order valence-electron chi connectivity index (χ4n) is 3.77. The van der Waals surface area contributed by atoms with Crippen molar-refractivity contribution in [3.05, 3.63) is 77.0 Å². The Balaban J connectivity index is 1.35. The Morgan fingerprint density at radius 2 is 2.13 bits per heavy atom. The van der Waals surface area contributed by atoms with E-state index in [1.165, 1.54) is 0 Å². The highest BCUT2D eigenvalue weighted by atomic mass is 35.5. The van der Waals surface area contributed by atoms with Gasteiger partial charge in [0.1, 0.15) is 17.3 Å². The van der Waals surface area contributed by atoms with Crippen LogP contribution in [0.3, 0.4) is 0 Å². The number of benzene rings is 2. The second-order valence-electron chi connectivity index (χ2n) is 7.59. The SMILES string of the molecule is COc1cccc(Cc2cnc([C@@H]3CCCN(C(=O)COc4ccccc4Cl)C3)o2)c1. The Morgan fingerprint density at radius 1 is 1.26 bits per heavy atom. The topological polar surface area (TPSA) is 64.8 Å². The minimum absolute atomic E-state index is 0.0386. The second kappa shape index (κ2) is 9.88. The highest BCUT2D eigenvalue weighted by Crippen LogP contribution is 2.28. The van der Waals surface area contributed by atoms with E-state index in [2.05, 4.69) is 4.98 Å². The number of ether oxygens (including phenoxy) is 2. The lowest BCUT2D eigenvalue weighted by atomic mass is 9.98. The fourth-order valence-corrected chi connectivity index (χ4v) is 3.96. The lowest BCUT2D eigenvalue weighted by molar-refractivity contribution is -0.134. The predicted molar refractivity (Wildman–Crippen MR) is 118 cm³/mol. The van der Waals surface area contributed by atoms with E-state index in [1.54, 1.807) is 25.4 Å². The van der Waals surface area contributed by atoms with Crippen LogP contribution in [0.15, 0.2) is 59.1 Å². The number of aromatic nitrogens is 1. The first kappa shape index (κ1) is 21.2. The minimum Gasteiger partial charge on any atom is -0.497 e. The van der Waals surface area contributed by atoms with Gasteiger partial charge in [-0.1, -0.05) is 35.9 Å². The van der Waals surface area contributed by atoms with Gasteiger partial charge >= 0.3 is 0 Å². The quantitative estimate of drug-likeness (QED) is 0.532. The smallest absolute Gasteiger partial charge is 0.260 e. The summed E-state index contributed by atoms with van der Waals surface area (Å²) in [5.41, 5.74) is 1.10. The number of methoxy groups -OCH3 is 1.